The van der Waals surface area contributed by atoms with Crippen molar-refractivity contribution in [2.45, 2.75) is 39.7 Å². The molecule has 1 heterocycles. The molecule has 0 aliphatic heterocycles. The second-order valence-electron chi connectivity index (χ2n) is 7.98. The summed E-state index contributed by atoms with van der Waals surface area (Å²) < 4.78 is 11.7. The van der Waals surface area contributed by atoms with Gasteiger partial charge in [0.25, 0.3) is 0 Å². The van der Waals surface area contributed by atoms with Crippen LogP contribution in [-0.2, 0) is 12.0 Å². The molecule has 0 bridgehead atoms. The number of H-pyrrole nitrogens is 1. The minimum absolute atomic E-state index is 0.308. The lowest BCUT2D eigenvalue weighted by atomic mass is 9.92. The average Bonchev–Trinajstić information content (AvgIpc) is 2.73. The zero-order valence-electron chi connectivity index (χ0n) is 18.5. The Bertz CT molecular complexity index is 1150. The van der Waals surface area contributed by atoms with Gasteiger partial charge in [-0.1, -0.05) is 50.6 Å². The van der Waals surface area contributed by atoms with Crippen LogP contribution in [0.2, 0.25) is 5.02 Å². The Balaban J connectivity index is 1.76. The monoisotopic (exact) mass is 455 g/mol. The van der Waals surface area contributed by atoms with Crippen LogP contribution in [0.15, 0.2) is 52.4 Å². The van der Waals surface area contributed by atoms with Crippen LogP contribution in [0.3, 0.4) is 0 Å². The van der Waals surface area contributed by atoms with E-state index < -0.39 is 5.69 Å². The summed E-state index contributed by atoms with van der Waals surface area (Å²) in [4.78, 5) is 15.5. The van der Waals surface area contributed by atoms with E-state index in [1.807, 2.05) is 70.2 Å². The van der Waals surface area contributed by atoms with Crippen molar-refractivity contribution in [3.63, 3.8) is 0 Å². The molecule has 0 saturated carbocycles. The summed E-state index contributed by atoms with van der Waals surface area (Å²) in [5.74, 6) is 1.50. The Hall–Kier alpha value is -3.39. The van der Waals surface area contributed by atoms with Crippen molar-refractivity contribution in [2.75, 3.05) is 12.0 Å². The number of nitrogens with zero attached hydrogens (tertiary/aromatic N) is 3. The zero-order valence-corrected chi connectivity index (χ0v) is 19.2. The van der Waals surface area contributed by atoms with Gasteiger partial charge in [0.05, 0.1) is 12.8 Å². The first-order chi connectivity index (χ1) is 15.3. The first kappa shape index (κ1) is 23.3. The van der Waals surface area contributed by atoms with Gasteiger partial charge in [0.1, 0.15) is 12.3 Å². The van der Waals surface area contributed by atoms with E-state index in [1.165, 1.54) is 0 Å². The van der Waals surface area contributed by atoms with E-state index in [9.17, 15) is 4.79 Å². The summed E-state index contributed by atoms with van der Waals surface area (Å²) in [6.45, 7) is 8.63. The first-order valence-corrected chi connectivity index (χ1v) is 10.5. The lowest BCUT2D eigenvalue weighted by Gasteiger charge is -2.18. The quantitative estimate of drug-likeness (QED) is 0.382. The molecule has 0 radical (unpaired) electrons. The van der Waals surface area contributed by atoms with Gasteiger partial charge in [-0.15, -0.1) is 0 Å². The summed E-state index contributed by atoms with van der Waals surface area (Å²) in [5.41, 5.74) is 4.22. The minimum Gasteiger partial charge on any atom is -0.490 e. The van der Waals surface area contributed by atoms with Crippen LogP contribution >= 0.6 is 11.6 Å². The number of nitrogens with one attached hydrogen (secondary N) is 2. The number of anilines is 1. The second-order valence-corrected chi connectivity index (χ2v) is 8.38. The van der Waals surface area contributed by atoms with Crippen molar-refractivity contribution in [1.82, 2.24) is 15.2 Å². The van der Waals surface area contributed by atoms with E-state index in [1.54, 1.807) is 6.21 Å². The number of aromatic nitrogens is 3. The average molecular weight is 456 g/mol. The number of aromatic amines is 1. The predicted molar refractivity (Wildman–Crippen MR) is 126 cm³/mol. The lowest BCUT2D eigenvalue weighted by molar-refractivity contribution is 0.269. The van der Waals surface area contributed by atoms with Crippen LogP contribution in [0, 0.1) is 0 Å². The fourth-order valence-electron chi connectivity index (χ4n) is 2.87. The highest BCUT2D eigenvalue weighted by molar-refractivity contribution is 6.31. The summed E-state index contributed by atoms with van der Waals surface area (Å²) >= 11 is 6.21. The Labute approximate surface area is 191 Å². The van der Waals surface area contributed by atoms with Crippen LogP contribution in [0.25, 0.3) is 0 Å². The van der Waals surface area contributed by atoms with E-state index >= 15 is 0 Å². The molecule has 0 spiro atoms. The van der Waals surface area contributed by atoms with E-state index in [-0.39, 0.29) is 5.41 Å². The summed E-state index contributed by atoms with van der Waals surface area (Å²) in [6, 6.07) is 13.0. The maximum Gasteiger partial charge on any atom is 0.363 e. The van der Waals surface area contributed by atoms with Crippen molar-refractivity contribution in [2.24, 2.45) is 5.10 Å². The van der Waals surface area contributed by atoms with E-state index in [0.29, 0.717) is 41.2 Å². The molecule has 2 N–H and O–H groups in total. The number of hydrazone groups is 1. The molecule has 168 valence electrons. The largest absolute Gasteiger partial charge is 0.490 e. The maximum absolute atomic E-state index is 11.6. The molecule has 2 aromatic carbocycles. The zero-order chi connectivity index (χ0) is 23.1. The van der Waals surface area contributed by atoms with Gasteiger partial charge < -0.3 is 9.47 Å². The SMILES string of the molecule is CCOc1cc(/C=N/Nc2nc(=O)[nH]nc2C(C)(C)C)ccc1OCc1ccccc1Cl. The number of halogens is 1. The van der Waals surface area contributed by atoms with Gasteiger partial charge in [0, 0.05) is 16.0 Å². The molecule has 0 aliphatic carbocycles. The molecule has 0 aliphatic rings. The molecule has 3 rings (SSSR count). The van der Waals surface area contributed by atoms with E-state index in [2.05, 4.69) is 25.7 Å². The lowest BCUT2D eigenvalue weighted by Crippen LogP contribution is -2.24. The normalized spacial score (nSPS) is 11.5. The molecule has 0 amide bonds. The Kier molecular flexibility index (Phi) is 7.48. The van der Waals surface area contributed by atoms with Gasteiger partial charge in [0.2, 0.25) is 0 Å². The third kappa shape index (κ3) is 6.07. The van der Waals surface area contributed by atoms with Crippen molar-refractivity contribution in [1.29, 1.82) is 0 Å². The number of benzene rings is 2. The molecule has 0 fully saturated rings. The molecule has 9 heteroatoms. The molecular weight excluding hydrogens is 430 g/mol. The molecule has 0 unspecified atom stereocenters. The van der Waals surface area contributed by atoms with Crippen LogP contribution in [0.5, 0.6) is 11.5 Å². The topological polar surface area (TPSA) is 101 Å². The molecule has 0 saturated heterocycles. The molecule has 32 heavy (non-hydrogen) atoms. The van der Waals surface area contributed by atoms with Gasteiger partial charge in [-0.3, -0.25) is 5.43 Å². The van der Waals surface area contributed by atoms with Gasteiger partial charge in [-0.25, -0.2) is 9.89 Å². The third-order valence-corrected chi connectivity index (χ3v) is 4.77. The van der Waals surface area contributed by atoms with Crippen molar-refractivity contribution >= 4 is 23.6 Å². The van der Waals surface area contributed by atoms with Crippen LogP contribution < -0.4 is 20.6 Å². The smallest absolute Gasteiger partial charge is 0.363 e. The van der Waals surface area contributed by atoms with Gasteiger partial charge in [-0.2, -0.15) is 15.2 Å². The molecule has 0 atom stereocenters. The Morgan fingerprint density at radius 1 is 1.16 bits per heavy atom. The minimum atomic E-state index is -0.547. The fourth-order valence-corrected chi connectivity index (χ4v) is 3.06. The number of rotatable bonds is 8. The fraction of sp³-hybridized carbons (Fsp3) is 0.304. The molecular formula is C23H26ClN5O3. The van der Waals surface area contributed by atoms with Crippen molar-refractivity contribution in [3.05, 3.63) is 74.8 Å². The summed E-state index contributed by atoms with van der Waals surface area (Å²) in [7, 11) is 0. The van der Waals surface area contributed by atoms with E-state index in [0.717, 1.165) is 11.1 Å². The maximum atomic E-state index is 11.6. The molecule has 3 aromatic rings. The Morgan fingerprint density at radius 3 is 2.66 bits per heavy atom. The van der Waals surface area contributed by atoms with Crippen LogP contribution in [0.4, 0.5) is 5.82 Å². The van der Waals surface area contributed by atoms with Crippen molar-refractivity contribution in [3.8, 4) is 11.5 Å². The van der Waals surface area contributed by atoms with Gasteiger partial charge in [0.15, 0.2) is 17.3 Å². The number of hydrogen-bond acceptors (Lipinski definition) is 7. The second kappa shape index (κ2) is 10.3. The highest BCUT2D eigenvalue weighted by atomic mass is 35.5. The Morgan fingerprint density at radius 2 is 1.94 bits per heavy atom. The first-order valence-electron chi connectivity index (χ1n) is 10.2. The summed E-state index contributed by atoms with van der Waals surface area (Å²) in [6.07, 6.45) is 1.61. The van der Waals surface area contributed by atoms with Crippen LogP contribution in [-0.4, -0.2) is 28.0 Å². The standard InChI is InChI=1S/C23H26ClN5O3/c1-5-31-19-12-15(10-11-18(19)32-14-16-8-6-7-9-17(16)24)13-25-28-21-20(23(2,3)4)27-29-22(30)26-21/h6-13H,5,14H2,1-4H3,(H2,26,28,29,30)/b25-13+. The van der Waals surface area contributed by atoms with Gasteiger partial charge >= 0.3 is 5.69 Å². The molecule has 1 aromatic heterocycles. The predicted octanol–water partition coefficient (Wildman–Crippen LogP) is 4.54. The third-order valence-electron chi connectivity index (χ3n) is 4.40. The summed E-state index contributed by atoms with van der Waals surface area (Å²) in [5, 5.41) is 11.3. The molecule has 8 nitrogen and oxygen atoms in total. The number of hydrogen-bond donors (Lipinski definition) is 2. The van der Waals surface area contributed by atoms with E-state index in [4.69, 9.17) is 21.1 Å². The van der Waals surface area contributed by atoms with Gasteiger partial charge in [-0.05, 0) is 36.8 Å². The van der Waals surface area contributed by atoms with Crippen LogP contribution in [0.1, 0.15) is 44.5 Å². The highest BCUT2D eigenvalue weighted by Gasteiger charge is 2.21. The highest BCUT2D eigenvalue weighted by Crippen LogP contribution is 2.30. The van der Waals surface area contributed by atoms with Crippen molar-refractivity contribution < 1.29 is 9.47 Å². The number of ether oxygens (including phenoxy) is 2.